The van der Waals surface area contributed by atoms with E-state index in [0.717, 1.165) is 19.0 Å². The molecular weight excluding hydrogens is 368 g/mol. The van der Waals surface area contributed by atoms with Crippen molar-refractivity contribution in [3.05, 3.63) is 47.5 Å². The Hall–Kier alpha value is -2.84. The summed E-state index contributed by atoms with van der Waals surface area (Å²) in [5, 5.41) is 9.85. The fraction of sp³-hybridized carbons (Fsp3) is 0.474. The monoisotopic (exact) mass is 391 g/mol. The molecule has 2 N–H and O–H groups in total. The van der Waals surface area contributed by atoms with Crippen molar-refractivity contribution in [2.45, 2.75) is 57.7 Å². The molecule has 0 unspecified atom stereocenters. The third-order valence-electron chi connectivity index (χ3n) is 4.76. The van der Waals surface area contributed by atoms with Crippen molar-refractivity contribution in [2.24, 2.45) is 0 Å². The molecule has 0 radical (unpaired) electrons. The van der Waals surface area contributed by atoms with Crippen LogP contribution in [0.15, 0.2) is 24.7 Å². The number of carbonyl (C=O) groups is 2. The quantitative estimate of drug-likeness (QED) is 0.820. The molecule has 1 fully saturated rings. The van der Waals surface area contributed by atoms with Crippen molar-refractivity contribution < 1.29 is 18.4 Å². The zero-order chi connectivity index (χ0) is 20.3. The molecule has 2 amide bonds. The smallest absolute Gasteiger partial charge is 0.273 e. The molecule has 28 heavy (non-hydrogen) atoms. The second kappa shape index (κ2) is 8.45. The number of carbonyl (C=O) groups excluding carboxylic acids is 2. The standard InChI is InChI=1S/C19H23F2N5O2/c1-11(2)26-10-12(8-23-26)18(27)24-14-4-3-5-15(7-14)25-19(28)17-16(21)6-13(20)9-22-17/h6,8-11,14-15H,3-5,7H2,1-2H3,(H,24,27)(H,25,28)/t14-,15-/m1/s1. The van der Waals surface area contributed by atoms with Crippen LogP contribution >= 0.6 is 0 Å². The fourth-order valence-electron chi connectivity index (χ4n) is 3.29. The van der Waals surface area contributed by atoms with Crippen LogP contribution < -0.4 is 10.6 Å². The Morgan fingerprint density at radius 2 is 1.82 bits per heavy atom. The maximum absolute atomic E-state index is 13.7. The van der Waals surface area contributed by atoms with E-state index in [0.29, 0.717) is 24.5 Å². The number of rotatable bonds is 5. The zero-order valence-electron chi connectivity index (χ0n) is 15.8. The Bertz CT molecular complexity index is 868. The summed E-state index contributed by atoms with van der Waals surface area (Å²) in [7, 11) is 0. The number of nitrogens with zero attached hydrogens (tertiary/aromatic N) is 3. The summed E-state index contributed by atoms with van der Waals surface area (Å²) >= 11 is 0. The highest BCUT2D eigenvalue weighted by molar-refractivity contribution is 5.94. The van der Waals surface area contributed by atoms with Gasteiger partial charge in [0, 0.05) is 30.4 Å². The summed E-state index contributed by atoms with van der Waals surface area (Å²) in [6, 6.07) is 0.454. The maximum atomic E-state index is 13.7. The van der Waals surface area contributed by atoms with Gasteiger partial charge in [-0.1, -0.05) is 0 Å². The van der Waals surface area contributed by atoms with E-state index < -0.39 is 23.2 Å². The van der Waals surface area contributed by atoms with Crippen LogP contribution in [-0.2, 0) is 0 Å². The van der Waals surface area contributed by atoms with Gasteiger partial charge in [0.2, 0.25) is 0 Å². The Morgan fingerprint density at radius 3 is 2.43 bits per heavy atom. The molecule has 2 heterocycles. The molecule has 2 aromatic rings. The fourth-order valence-corrected chi connectivity index (χ4v) is 3.29. The molecule has 1 aliphatic carbocycles. The lowest BCUT2D eigenvalue weighted by atomic mass is 9.90. The summed E-state index contributed by atoms with van der Waals surface area (Å²) in [6.45, 7) is 3.95. The minimum absolute atomic E-state index is 0.111. The van der Waals surface area contributed by atoms with E-state index in [1.807, 2.05) is 13.8 Å². The molecule has 1 aliphatic rings. The minimum Gasteiger partial charge on any atom is -0.349 e. The molecule has 7 nitrogen and oxygen atoms in total. The molecule has 9 heteroatoms. The third kappa shape index (κ3) is 4.71. The van der Waals surface area contributed by atoms with Crippen LogP contribution in [-0.4, -0.2) is 38.7 Å². The predicted molar refractivity (Wildman–Crippen MR) is 97.7 cm³/mol. The average molecular weight is 391 g/mol. The van der Waals surface area contributed by atoms with Gasteiger partial charge in [0.15, 0.2) is 11.5 Å². The van der Waals surface area contributed by atoms with Gasteiger partial charge in [-0.15, -0.1) is 0 Å². The molecule has 150 valence electrons. The highest BCUT2D eigenvalue weighted by Gasteiger charge is 2.26. The first kappa shape index (κ1) is 19.9. The normalized spacial score (nSPS) is 19.5. The molecule has 0 bridgehead atoms. The molecule has 0 aromatic carbocycles. The van der Waals surface area contributed by atoms with E-state index in [2.05, 4.69) is 20.7 Å². The van der Waals surface area contributed by atoms with E-state index in [9.17, 15) is 18.4 Å². The molecule has 0 aliphatic heterocycles. The topological polar surface area (TPSA) is 88.9 Å². The number of aromatic nitrogens is 3. The van der Waals surface area contributed by atoms with Crippen molar-refractivity contribution in [1.82, 2.24) is 25.4 Å². The number of halogens is 2. The summed E-state index contributed by atoms with van der Waals surface area (Å²) in [5.74, 6) is -2.74. The Labute approximate surface area is 161 Å². The van der Waals surface area contributed by atoms with Gasteiger partial charge in [0.05, 0.1) is 18.0 Å². The Balaban J connectivity index is 1.57. The highest BCUT2D eigenvalue weighted by Crippen LogP contribution is 2.20. The van der Waals surface area contributed by atoms with E-state index in [1.165, 1.54) is 6.20 Å². The van der Waals surface area contributed by atoms with E-state index in [1.54, 1.807) is 10.9 Å². The Kier molecular flexibility index (Phi) is 6.01. The number of amides is 2. The van der Waals surface area contributed by atoms with Crippen molar-refractivity contribution in [2.75, 3.05) is 0 Å². The summed E-state index contributed by atoms with van der Waals surface area (Å²) in [4.78, 5) is 28.2. The van der Waals surface area contributed by atoms with Crippen LogP contribution in [0.1, 0.15) is 66.4 Å². The molecular formula is C19H23F2N5O2. The van der Waals surface area contributed by atoms with Gasteiger partial charge in [-0.05, 0) is 39.5 Å². The van der Waals surface area contributed by atoms with Gasteiger partial charge in [0.1, 0.15) is 5.82 Å². The molecule has 3 rings (SSSR count). The SMILES string of the molecule is CC(C)n1cc(C(=O)N[C@@H]2CCC[C@@H](NC(=O)c3ncc(F)cc3F)C2)cn1. The Morgan fingerprint density at radius 1 is 1.14 bits per heavy atom. The van der Waals surface area contributed by atoms with Crippen molar-refractivity contribution in [3.63, 3.8) is 0 Å². The lowest BCUT2D eigenvalue weighted by molar-refractivity contribution is 0.0897. The first-order chi connectivity index (χ1) is 13.3. The lowest BCUT2D eigenvalue weighted by Crippen LogP contribution is -2.46. The van der Waals surface area contributed by atoms with E-state index in [-0.39, 0.29) is 24.0 Å². The van der Waals surface area contributed by atoms with Crippen molar-refractivity contribution in [3.8, 4) is 0 Å². The number of hydrogen-bond acceptors (Lipinski definition) is 4. The number of nitrogens with one attached hydrogen (secondary N) is 2. The van der Waals surface area contributed by atoms with Crippen LogP contribution in [0, 0.1) is 11.6 Å². The van der Waals surface area contributed by atoms with Gasteiger partial charge in [-0.2, -0.15) is 5.10 Å². The summed E-state index contributed by atoms with van der Waals surface area (Å²) in [6.07, 6.45) is 6.87. The second-order valence-corrected chi connectivity index (χ2v) is 7.29. The maximum Gasteiger partial charge on any atom is 0.273 e. The van der Waals surface area contributed by atoms with Gasteiger partial charge < -0.3 is 10.6 Å². The van der Waals surface area contributed by atoms with E-state index in [4.69, 9.17) is 0 Å². The zero-order valence-corrected chi connectivity index (χ0v) is 15.8. The van der Waals surface area contributed by atoms with Gasteiger partial charge in [0.25, 0.3) is 11.8 Å². The van der Waals surface area contributed by atoms with Crippen molar-refractivity contribution in [1.29, 1.82) is 0 Å². The average Bonchev–Trinajstić information content (AvgIpc) is 3.12. The van der Waals surface area contributed by atoms with Crippen molar-refractivity contribution >= 4 is 11.8 Å². The minimum atomic E-state index is -1.000. The highest BCUT2D eigenvalue weighted by atomic mass is 19.1. The van der Waals surface area contributed by atoms with Gasteiger partial charge >= 0.3 is 0 Å². The first-order valence-corrected chi connectivity index (χ1v) is 9.30. The summed E-state index contributed by atoms with van der Waals surface area (Å²) < 4.78 is 28.4. The predicted octanol–water partition coefficient (Wildman–Crippen LogP) is 2.61. The molecule has 1 saturated carbocycles. The van der Waals surface area contributed by atoms with Crippen LogP contribution in [0.2, 0.25) is 0 Å². The first-order valence-electron chi connectivity index (χ1n) is 9.30. The van der Waals surface area contributed by atoms with E-state index >= 15 is 0 Å². The molecule has 0 saturated heterocycles. The van der Waals surface area contributed by atoms with Gasteiger partial charge in [-0.3, -0.25) is 14.3 Å². The number of hydrogen-bond donors (Lipinski definition) is 2. The molecule has 2 aromatic heterocycles. The summed E-state index contributed by atoms with van der Waals surface area (Å²) in [5.41, 5.74) is 0.0473. The second-order valence-electron chi connectivity index (χ2n) is 7.29. The van der Waals surface area contributed by atoms with Crippen LogP contribution in [0.4, 0.5) is 8.78 Å². The third-order valence-corrected chi connectivity index (χ3v) is 4.76. The molecule has 0 spiro atoms. The van der Waals surface area contributed by atoms with Crippen LogP contribution in [0.5, 0.6) is 0 Å². The lowest BCUT2D eigenvalue weighted by Gasteiger charge is -2.30. The van der Waals surface area contributed by atoms with Crippen LogP contribution in [0.25, 0.3) is 0 Å². The van der Waals surface area contributed by atoms with Crippen LogP contribution in [0.3, 0.4) is 0 Å². The number of pyridine rings is 1. The largest absolute Gasteiger partial charge is 0.349 e. The van der Waals surface area contributed by atoms with Gasteiger partial charge in [-0.25, -0.2) is 13.8 Å². The molecule has 2 atom stereocenters.